The van der Waals surface area contributed by atoms with Gasteiger partial charge in [-0.2, -0.15) is 5.10 Å². The van der Waals surface area contributed by atoms with Crippen LogP contribution in [0.25, 0.3) is 5.69 Å². The molecule has 5 nitrogen and oxygen atoms in total. The van der Waals surface area contributed by atoms with E-state index in [0.717, 1.165) is 37.8 Å². The Hall–Kier alpha value is -3.28. The molecule has 0 bridgehead atoms. The zero-order valence-electron chi connectivity index (χ0n) is 19.1. The largest absolute Gasteiger partial charge is 0.349 e. The highest BCUT2D eigenvalue weighted by Gasteiger charge is 2.37. The van der Waals surface area contributed by atoms with Gasteiger partial charge in [0.1, 0.15) is 5.82 Å². The summed E-state index contributed by atoms with van der Waals surface area (Å²) in [7, 11) is 0. The van der Waals surface area contributed by atoms with Crippen LogP contribution in [0.1, 0.15) is 67.1 Å². The second-order valence-electron chi connectivity index (χ2n) is 9.18. The smallest absolute Gasteiger partial charge is 0.251 e. The Balaban J connectivity index is 1.34. The quantitative estimate of drug-likeness (QED) is 0.520. The number of carbonyl (C=O) groups is 1. The maximum absolute atomic E-state index is 13.4. The van der Waals surface area contributed by atoms with Gasteiger partial charge >= 0.3 is 0 Å². The topological polar surface area (TPSA) is 59.8 Å². The van der Waals surface area contributed by atoms with Crippen LogP contribution in [0, 0.1) is 11.7 Å². The van der Waals surface area contributed by atoms with Crippen LogP contribution in [0.2, 0.25) is 0 Å². The Morgan fingerprint density at radius 3 is 2.70 bits per heavy atom. The Morgan fingerprint density at radius 2 is 1.97 bits per heavy atom. The molecule has 2 aliphatic carbocycles. The maximum atomic E-state index is 13.4. The van der Waals surface area contributed by atoms with Crippen molar-refractivity contribution in [3.05, 3.63) is 88.8 Å². The normalized spacial score (nSPS) is 20.3. The minimum atomic E-state index is -0.238. The van der Waals surface area contributed by atoms with E-state index in [2.05, 4.69) is 29.2 Å². The third-order valence-electron chi connectivity index (χ3n) is 7.27. The fraction of sp³-hybridized carbons (Fsp3) is 0.370. The summed E-state index contributed by atoms with van der Waals surface area (Å²) in [5.74, 6) is 0.508. The average molecular weight is 445 g/mol. The fourth-order valence-electron chi connectivity index (χ4n) is 5.57. The molecule has 3 aromatic rings. The van der Waals surface area contributed by atoms with Gasteiger partial charge < -0.3 is 5.32 Å². The van der Waals surface area contributed by atoms with E-state index < -0.39 is 0 Å². The fourth-order valence-corrected chi connectivity index (χ4v) is 5.57. The highest BCUT2D eigenvalue weighted by molar-refractivity contribution is 5.94. The predicted molar refractivity (Wildman–Crippen MR) is 126 cm³/mol. The number of halogens is 1. The second-order valence-corrected chi connectivity index (χ2v) is 9.18. The highest BCUT2D eigenvalue weighted by Crippen LogP contribution is 2.48. The van der Waals surface area contributed by atoms with Crippen LogP contribution >= 0.6 is 0 Å². The monoisotopic (exact) mass is 444 g/mol. The first-order valence-electron chi connectivity index (χ1n) is 11.8. The molecule has 1 N–H and O–H groups in total. The van der Waals surface area contributed by atoms with Crippen molar-refractivity contribution >= 4 is 5.91 Å². The van der Waals surface area contributed by atoms with Gasteiger partial charge in [0.15, 0.2) is 0 Å². The lowest BCUT2D eigenvalue weighted by Crippen LogP contribution is -2.36. The zero-order chi connectivity index (χ0) is 22.9. The van der Waals surface area contributed by atoms with Gasteiger partial charge in [-0.1, -0.05) is 25.0 Å². The molecule has 2 aliphatic rings. The molecule has 3 atom stereocenters. The average Bonchev–Trinajstić information content (AvgIpc) is 3.44. The maximum Gasteiger partial charge on any atom is 0.251 e. The zero-order valence-corrected chi connectivity index (χ0v) is 19.1. The van der Waals surface area contributed by atoms with Crippen LogP contribution in [0.5, 0.6) is 0 Å². The summed E-state index contributed by atoms with van der Waals surface area (Å²) in [6.07, 6.45) is 10.2. The predicted octanol–water partition coefficient (Wildman–Crippen LogP) is 5.37. The third kappa shape index (κ3) is 4.10. The molecule has 0 radical (unpaired) electrons. The van der Waals surface area contributed by atoms with Gasteiger partial charge in [-0.3, -0.25) is 9.78 Å². The third-order valence-corrected chi connectivity index (χ3v) is 7.27. The molecule has 2 aromatic heterocycles. The molecule has 33 heavy (non-hydrogen) atoms. The van der Waals surface area contributed by atoms with Crippen molar-refractivity contribution in [3.8, 4) is 5.69 Å². The lowest BCUT2D eigenvalue weighted by Gasteiger charge is -2.29. The number of carbonyl (C=O) groups excluding carboxylic acids is 1. The Labute approximate surface area is 193 Å². The van der Waals surface area contributed by atoms with Crippen LogP contribution in [-0.2, 0) is 6.42 Å². The summed E-state index contributed by atoms with van der Waals surface area (Å²) in [5, 5.41) is 7.89. The minimum Gasteiger partial charge on any atom is -0.349 e. The molecule has 2 heterocycles. The first-order chi connectivity index (χ1) is 16.0. The van der Waals surface area contributed by atoms with Crippen molar-refractivity contribution in [2.75, 3.05) is 0 Å². The Bertz CT molecular complexity index is 1180. The van der Waals surface area contributed by atoms with Crippen LogP contribution in [0.4, 0.5) is 4.39 Å². The molecule has 5 rings (SSSR count). The number of amides is 1. The van der Waals surface area contributed by atoms with Crippen molar-refractivity contribution in [2.45, 2.75) is 57.9 Å². The lowest BCUT2D eigenvalue weighted by atomic mass is 9.78. The summed E-state index contributed by atoms with van der Waals surface area (Å²) >= 11 is 0. The van der Waals surface area contributed by atoms with Crippen molar-refractivity contribution in [1.29, 1.82) is 0 Å². The van der Waals surface area contributed by atoms with E-state index in [-0.39, 0.29) is 17.8 Å². The number of allylic oxidation sites excluding steroid dienone is 2. The molecule has 0 saturated carbocycles. The number of fused-ring (bicyclic) bond motifs is 1. The van der Waals surface area contributed by atoms with Crippen molar-refractivity contribution < 1.29 is 9.18 Å². The van der Waals surface area contributed by atoms with Gasteiger partial charge in [0, 0.05) is 41.9 Å². The summed E-state index contributed by atoms with van der Waals surface area (Å²) in [6.45, 7) is 4.41. The number of hydrogen-bond acceptors (Lipinski definition) is 3. The molecule has 1 aromatic carbocycles. The number of nitrogens with one attached hydrogen (secondary N) is 1. The van der Waals surface area contributed by atoms with Gasteiger partial charge in [-0.05, 0) is 68.0 Å². The Kier molecular flexibility index (Phi) is 5.83. The molecule has 0 fully saturated rings. The summed E-state index contributed by atoms with van der Waals surface area (Å²) < 4.78 is 15.4. The summed E-state index contributed by atoms with van der Waals surface area (Å²) in [6, 6.07) is 10.2. The van der Waals surface area contributed by atoms with Crippen molar-refractivity contribution in [2.24, 2.45) is 5.92 Å². The summed E-state index contributed by atoms with van der Waals surface area (Å²) in [5.41, 5.74) is 7.08. The first kappa shape index (κ1) is 21.6. The van der Waals surface area contributed by atoms with E-state index in [1.54, 1.807) is 36.7 Å². The van der Waals surface area contributed by atoms with Crippen molar-refractivity contribution in [3.63, 3.8) is 0 Å². The van der Waals surface area contributed by atoms with Crippen LogP contribution in [0.3, 0.4) is 0 Å². The lowest BCUT2D eigenvalue weighted by molar-refractivity contribution is 0.0930. The SMILES string of the molecule is CCC(C[C@H]1CCC2=C1[C@@H](C)c1cnn(-c3ccc(F)cc3)c1C2)NC(=O)c1ccncc1. The molecular formula is C27H29FN4O. The van der Waals surface area contributed by atoms with Gasteiger partial charge in [0.05, 0.1) is 17.6 Å². The highest BCUT2D eigenvalue weighted by atomic mass is 19.1. The van der Waals surface area contributed by atoms with Gasteiger partial charge in [0.25, 0.3) is 5.91 Å². The van der Waals surface area contributed by atoms with Gasteiger partial charge in [-0.25, -0.2) is 9.07 Å². The Morgan fingerprint density at radius 1 is 1.21 bits per heavy atom. The molecule has 1 unspecified atom stereocenters. The molecule has 0 aliphatic heterocycles. The first-order valence-corrected chi connectivity index (χ1v) is 11.8. The van der Waals surface area contributed by atoms with Crippen LogP contribution in [-0.4, -0.2) is 26.7 Å². The number of benzene rings is 1. The molecule has 0 saturated heterocycles. The molecule has 6 heteroatoms. The molecule has 0 spiro atoms. The number of hydrogen-bond donors (Lipinski definition) is 1. The van der Waals surface area contributed by atoms with Gasteiger partial charge in [-0.15, -0.1) is 0 Å². The number of aromatic nitrogens is 3. The van der Waals surface area contributed by atoms with E-state index in [1.165, 1.54) is 34.5 Å². The van der Waals surface area contributed by atoms with E-state index >= 15 is 0 Å². The van der Waals surface area contributed by atoms with Crippen LogP contribution in [0.15, 0.2) is 66.1 Å². The second kappa shape index (κ2) is 8.93. The van der Waals surface area contributed by atoms with E-state index in [4.69, 9.17) is 0 Å². The summed E-state index contributed by atoms with van der Waals surface area (Å²) in [4.78, 5) is 16.7. The molecule has 1 amide bonds. The van der Waals surface area contributed by atoms with Crippen molar-refractivity contribution in [1.82, 2.24) is 20.1 Å². The molecule has 170 valence electrons. The van der Waals surface area contributed by atoms with Crippen LogP contribution < -0.4 is 5.32 Å². The minimum absolute atomic E-state index is 0.0315. The number of nitrogens with zero attached hydrogens (tertiary/aromatic N) is 3. The number of pyridine rings is 1. The standard InChI is InChI=1S/C27H29FN4O/c1-3-22(31-27(33)18-10-12-29-13-11-18)14-19-4-5-20-15-25-24(17(2)26(19)20)16-30-32(25)23-8-6-21(28)7-9-23/h6-13,16-17,19,22H,3-5,14-15H2,1-2H3,(H,31,33)/t17-,19+,22?/m0/s1. The molecular weight excluding hydrogens is 415 g/mol. The van der Waals surface area contributed by atoms with E-state index in [9.17, 15) is 9.18 Å². The van der Waals surface area contributed by atoms with E-state index in [0.29, 0.717) is 17.4 Å². The van der Waals surface area contributed by atoms with Gasteiger partial charge in [0.2, 0.25) is 0 Å². The van der Waals surface area contributed by atoms with E-state index in [1.807, 2.05) is 10.9 Å². The number of rotatable bonds is 6.